The summed E-state index contributed by atoms with van der Waals surface area (Å²) in [5.41, 5.74) is 1.39. The highest BCUT2D eigenvalue weighted by Crippen LogP contribution is 2.33. The van der Waals surface area contributed by atoms with Gasteiger partial charge in [0.25, 0.3) is 5.69 Å². The molecule has 0 unspecified atom stereocenters. The molecule has 1 heterocycles. The van der Waals surface area contributed by atoms with Gasteiger partial charge in [0.15, 0.2) is 5.11 Å². The number of esters is 1. The normalized spacial score (nSPS) is 10.2. The monoisotopic (exact) mass is 399 g/mol. The van der Waals surface area contributed by atoms with Crippen molar-refractivity contribution in [2.75, 3.05) is 17.7 Å². The second kappa shape index (κ2) is 7.77. The van der Waals surface area contributed by atoms with Crippen molar-refractivity contribution in [1.82, 2.24) is 0 Å². The average molecular weight is 400 g/mol. The molecule has 1 aromatic heterocycles. The number of ether oxygens (including phenoxy) is 1. The van der Waals surface area contributed by atoms with Gasteiger partial charge in [0.05, 0.1) is 17.6 Å². The van der Waals surface area contributed by atoms with Crippen LogP contribution in [0, 0.1) is 24.0 Å². The predicted molar refractivity (Wildman–Crippen MR) is 103 cm³/mol. The Hall–Kier alpha value is -2.23. The summed E-state index contributed by atoms with van der Waals surface area (Å²) in [6.07, 6.45) is 0. The first-order chi connectivity index (χ1) is 11.7. The molecule has 0 aliphatic rings. The quantitative estimate of drug-likeness (QED) is 0.338. The minimum Gasteiger partial charge on any atom is -0.465 e. The second-order valence-electron chi connectivity index (χ2n) is 4.98. The van der Waals surface area contributed by atoms with Crippen LogP contribution in [-0.4, -0.2) is 23.1 Å². The average Bonchev–Trinajstić information content (AvgIpc) is 2.82. The van der Waals surface area contributed by atoms with E-state index in [-0.39, 0.29) is 15.8 Å². The number of nitrogens with one attached hydrogen (secondary N) is 2. The summed E-state index contributed by atoms with van der Waals surface area (Å²) >= 11 is 12.4. The van der Waals surface area contributed by atoms with Crippen LogP contribution in [0.3, 0.4) is 0 Å². The van der Waals surface area contributed by atoms with E-state index in [4.69, 9.17) is 28.6 Å². The highest BCUT2D eigenvalue weighted by atomic mass is 35.5. The number of aryl methyl sites for hydroxylation is 1. The molecule has 0 saturated carbocycles. The Morgan fingerprint density at radius 2 is 2.04 bits per heavy atom. The fourth-order valence-electron chi connectivity index (χ4n) is 2.06. The van der Waals surface area contributed by atoms with Gasteiger partial charge in [-0.1, -0.05) is 11.6 Å². The van der Waals surface area contributed by atoms with Crippen LogP contribution >= 0.6 is 35.2 Å². The maximum atomic E-state index is 12.0. The maximum absolute atomic E-state index is 12.0. The molecule has 0 atom stereocenters. The fraction of sp³-hybridized carbons (Fsp3) is 0.200. The first-order valence-corrected chi connectivity index (χ1v) is 8.55. The Morgan fingerprint density at radius 1 is 1.36 bits per heavy atom. The molecule has 2 aromatic rings. The molecule has 132 valence electrons. The Balaban J connectivity index is 2.22. The largest absolute Gasteiger partial charge is 0.465 e. The highest BCUT2D eigenvalue weighted by Gasteiger charge is 2.21. The van der Waals surface area contributed by atoms with Gasteiger partial charge in [-0.25, -0.2) is 4.79 Å². The summed E-state index contributed by atoms with van der Waals surface area (Å²) in [4.78, 5) is 23.3. The molecule has 0 aliphatic heterocycles. The Morgan fingerprint density at radius 3 is 2.64 bits per heavy atom. The van der Waals surface area contributed by atoms with Crippen molar-refractivity contribution in [1.29, 1.82) is 0 Å². The van der Waals surface area contributed by atoms with Crippen molar-refractivity contribution in [3.8, 4) is 0 Å². The number of nitrogens with zero attached hydrogens (tertiary/aromatic N) is 1. The number of nitro benzene ring substituents is 1. The van der Waals surface area contributed by atoms with E-state index in [1.807, 2.05) is 13.8 Å². The van der Waals surface area contributed by atoms with Gasteiger partial charge in [-0.05, 0) is 43.8 Å². The van der Waals surface area contributed by atoms with Crippen molar-refractivity contribution in [3.63, 3.8) is 0 Å². The summed E-state index contributed by atoms with van der Waals surface area (Å²) in [6, 6.07) is 4.25. The number of halogens is 1. The molecule has 0 saturated heterocycles. The number of rotatable bonds is 4. The molecular weight excluding hydrogens is 386 g/mol. The van der Waals surface area contributed by atoms with Gasteiger partial charge in [-0.2, -0.15) is 0 Å². The van der Waals surface area contributed by atoms with E-state index in [2.05, 4.69) is 10.6 Å². The van der Waals surface area contributed by atoms with Crippen LogP contribution in [-0.2, 0) is 4.74 Å². The second-order valence-corrected chi connectivity index (χ2v) is 7.02. The number of anilines is 2. The van der Waals surface area contributed by atoms with Gasteiger partial charge in [-0.15, -0.1) is 11.3 Å². The summed E-state index contributed by atoms with van der Waals surface area (Å²) in [7, 11) is 1.31. The van der Waals surface area contributed by atoms with E-state index in [1.165, 1.54) is 30.6 Å². The molecule has 10 heteroatoms. The summed E-state index contributed by atoms with van der Waals surface area (Å²) < 4.78 is 4.80. The van der Waals surface area contributed by atoms with Crippen molar-refractivity contribution < 1.29 is 14.5 Å². The number of thiophene rings is 1. The third-order valence-electron chi connectivity index (χ3n) is 3.40. The lowest BCUT2D eigenvalue weighted by Gasteiger charge is -2.11. The summed E-state index contributed by atoms with van der Waals surface area (Å²) in [5, 5.41) is 17.5. The number of carbonyl (C=O) groups excluding carboxylic acids is 1. The molecule has 0 fully saturated rings. The number of hydrogen-bond acceptors (Lipinski definition) is 6. The molecule has 0 radical (unpaired) electrons. The summed E-state index contributed by atoms with van der Waals surface area (Å²) in [5.74, 6) is -0.464. The smallest absolute Gasteiger partial charge is 0.341 e. The molecule has 2 N–H and O–H groups in total. The number of carbonyl (C=O) groups is 1. The van der Waals surface area contributed by atoms with Crippen LogP contribution in [0.25, 0.3) is 0 Å². The Labute approximate surface area is 158 Å². The van der Waals surface area contributed by atoms with Crippen LogP contribution in [0.4, 0.5) is 16.4 Å². The highest BCUT2D eigenvalue weighted by molar-refractivity contribution is 7.80. The molecule has 0 amide bonds. The molecule has 7 nitrogen and oxygen atoms in total. The minimum absolute atomic E-state index is 0.0342. The lowest BCUT2D eigenvalue weighted by molar-refractivity contribution is -0.384. The van der Waals surface area contributed by atoms with E-state index >= 15 is 0 Å². The van der Waals surface area contributed by atoms with Crippen molar-refractivity contribution in [2.45, 2.75) is 13.8 Å². The van der Waals surface area contributed by atoms with Crippen molar-refractivity contribution in [2.24, 2.45) is 0 Å². The van der Waals surface area contributed by atoms with E-state index in [9.17, 15) is 14.9 Å². The van der Waals surface area contributed by atoms with Crippen LogP contribution in [0.2, 0.25) is 5.02 Å². The van der Waals surface area contributed by atoms with Crippen molar-refractivity contribution in [3.05, 3.63) is 49.3 Å². The third kappa shape index (κ3) is 4.25. The maximum Gasteiger partial charge on any atom is 0.341 e. The number of hydrogen-bond donors (Lipinski definition) is 2. The topological polar surface area (TPSA) is 93.5 Å². The fourth-order valence-corrected chi connectivity index (χ4v) is 3.58. The van der Waals surface area contributed by atoms with Gasteiger partial charge in [0.2, 0.25) is 0 Å². The molecule has 25 heavy (non-hydrogen) atoms. The predicted octanol–water partition coefficient (Wildman–Crippen LogP) is 4.52. The number of methoxy groups -OCH3 is 1. The van der Waals surface area contributed by atoms with E-state index < -0.39 is 10.9 Å². The number of nitro groups is 1. The van der Waals surface area contributed by atoms with Crippen LogP contribution in [0.5, 0.6) is 0 Å². The number of thiocarbonyl (C=S) groups is 1. The standard InChI is InChI=1S/C15H14ClN3O4S2/c1-7-8(2)25-13(12(7)14(20)23-3)18-15(24)17-9-4-5-10(16)11(6-9)19(21)22/h4-6H,1-3H3,(H2,17,18,24). The zero-order valence-electron chi connectivity index (χ0n) is 13.5. The van der Waals surface area contributed by atoms with Gasteiger partial charge in [-0.3, -0.25) is 10.1 Å². The van der Waals surface area contributed by atoms with Crippen LogP contribution in [0.1, 0.15) is 20.8 Å². The molecule has 1 aromatic carbocycles. The van der Waals surface area contributed by atoms with Crippen molar-refractivity contribution >= 4 is 62.6 Å². The third-order valence-corrected chi connectivity index (χ3v) is 5.05. The Kier molecular flexibility index (Phi) is 5.93. The lowest BCUT2D eigenvalue weighted by atomic mass is 10.1. The van der Waals surface area contributed by atoms with Gasteiger partial charge < -0.3 is 15.4 Å². The van der Waals surface area contributed by atoms with Gasteiger partial charge in [0, 0.05) is 16.6 Å². The SMILES string of the molecule is COC(=O)c1c(NC(=S)Nc2ccc(Cl)c([N+](=O)[O-])c2)sc(C)c1C. The zero-order valence-corrected chi connectivity index (χ0v) is 15.9. The molecule has 0 aliphatic carbocycles. The van der Waals surface area contributed by atoms with E-state index in [0.29, 0.717) is 16.3 Å². The van der Waals surface area contributed by atoms with E-state index in [0.717, 1.165) is 10.4 Å². The van der Waals surface area contributed by atoms with E-state index in [1.54, 1.807) is 6.07 Å². The minimum atomic E-state index is -0.578. The van der Waals surface area contributed by atoms with Crippen LogP contribution < -0.4 is 10.6 Å². The van der Waals surface area contributed by atoms with Gasteiger partial charge >= 0.3 is 5.97 Å². The first kappa shape index (κ1) is 19.1. The zero-order chi connectivity index (χ0) is 18.7. The Bertz CT molecular complexity index is 867. The molecule has 0 bridgehead atoms. The van der Waals surface area contributed by atoms with Gasteiger partial charge in [0.1, 0.15) is 10.0 Å². The molecule has 0 spiro atoms. The summed E-state index contributed by atoms with van der Waals surface area (Å²) in [6.45, 7) is 3.71. The van der Waals surface area contributed by atoms with Crippen LogP contribution in [0.15, 0.2) is 18.2 Å². The molecule has 2 rings (SSSR count). The lowest BCUT2D eigenvalue weighted by Crippen LogP contribution is -2.20. The first-order valence-electron chi connectivity index (χ1n) is 6.94. The number of benzene rings is 1. The molecular formula is C15H14ClN3O4S2.